The molecule has 176 valence electrons. The molecule has 0 spiro atoms. The molecule has 0 aromatic heterocycles. The van der Waals surface area contributed by atoms with Gasteiger partial charge in [-0.1, -0.05) is 23.8 Å². The summed E-state index contributed by atoms with van der Waals surface area (Å²) in [5.41, 5.74) is 2.33. The van der Waals surface area contributed by atoms with E-state index in [4.69, 9.17) is 16.3 Å². The molecule has 3 aliphatic rings. The minimum Gasteiger partial charge on any atom is -0.490 e. The molecule has 2 saturated heterocycles. The van der Waals surface area contributed by atoms with E-state index in [-0.39, 0.29) is 17.7 Å². The summed E-state index contributed by atoms with van der Waals surface area (Å²) >= 11 is 5.91. The molecule has 1 amide bonds. The maximum absolute atomic E-state index is 12.8. The fraction of sp³-hybridized carbons (Fsp3) is 0.346. The van der Waals surface area contributed by atoms with Crippen LogP contribution in [0.5, 0.6) is 5.75 Å². The molecule has 1 aliphatic carbocycles. The van der Waals surface area contributed by atoms with E-state index in [0.717, 1.165) is 18.6 Å². The number of rotatable bonds is 6. The Kier molecular flexibility index (Phi) is 6.15. The predicted molar refractivity (Wildman–Crippen MR) is 132 cm³/mol. The quantitative estimate of drug-likeness (QED) is 0.430. The van der Waals surface area contributed by atoms with Crippen molar-refractivity contribution in [3.63, 3.8) is 0 Å². The minimum absolute atomic E-state index is 0.0676. The summed E-state index contributed by atoms with van der Waals surface area (Å²) < 4.78 is 6.22. The Hall–Kier alpha value is -3.16. The maximum Gasteiger partial charge on any atom is 0.278 e. The molecule has 0 saturated carbocycles. The number of carbonyl (C=O) groups is 1. The molecule has 2 aliphatic heterocycles. The topological polar surface area (TPSA) is 84.7 Å². The first-order chi connectivity index (χ1) is 16.4. The van der Waals surface area contributed by atoms with Crippen LogP contribution in [-0.4, -0.2) is 41.0 Å². The summed E-state index contributed by atoms with van der Waals surface area (Å²) in [6, 6.07) is 13.3. The van der Waals surface area contributed by atoms with E-state index >= 15 is 0 Å². The summed E-state index contributed by atoms with van der Waals surface area (Å²) in [4.78, 5) is 26.2. The first-order valence-corrected chi connectivity index (χ1v) is 11.9. The van der Waals surface area contributed by atoms with Gasteiger partial charge in [-0.3, -0.25) is 14.9 Å². The molecule has 34 heavy (non-hydrogen) atoms. The number of allylic oxidation sites excluding steroid dienone is 3. The maximum atomic E-state index is 12.8. The Morgan fingerprint density at radius 1 is 1.12 bits per heavy atom. The van der Waals surface area contributed by atoms with E-state index in [1.54, 1.807) is 24.3 Å². The second-order valence-electron chi connectivity index (χ2n) is 9.22. The molecule has 3 atom stereocenters. The van der Waals surface area contributed by atoms with Gasteiger partial charge in [0.15, 0.2) is 0 Å². The van der Waals surface area contributed by atoms with Crippen LogP contribution < -0.4 is 10.1 Å². The van der Waals surface area contributed by atoms with Crippen LogP contribution in [0.4, 0.5) is 11.4 Å². The molecule has 2 heterocycles. The number of halogens is 1. The lowest BCUT2D eigenvalue weighted by Gasteiger charge is -2.36. The Morgan fingerprint density at radius 3 is 2.50 bits per heavy atom. The second kappa shape index (κ2) is 9.24. The number of benzene rings is 2. The molecule has 7 nitrogen and oxygen atoms in total. The van der Waals surface area contributed by atoms with Crippen molar-refractivity contribution in [1.29, 1.82) is 0 Å². The van der Waals surface area contributed by atoms with Crippen molar-refractivity contribution >= 4 is 34.5 Å². The molecule has 8 heteroatoms. The van der Waals surface area contributed by atoms with Gasteiger partial charge in [-0.15, -0.1) is 0 Å². The van der Waals surface area contributed by atoms with Crippen LogP contribution in [0, 0.1) is 10.1 Å². The van der Waals surface area contributed by atoms with Crippen molar-refractivity contribution in [3.05, 3.63) is 80.9 Å². The highest BCUT2D eigenvalue weighted by molar-refractivity contribution is 6.30. The van der Waals surface area contributed by atoms with Gasteiger partial charge in [0.05, 0.1) is 10.5 Å². The zero-order valence-corrected chi connectivity index (χ0v) is 19.6. The van der Waals surface area contributed by atoms with E-state index in [1.807, 2.05) is 24.3 Å². The van der Waals surface area contributed by atoms with Crippen LogP contribution in [0.2, 0.25) is 5.02 Å². The molecule has 2 bridgehead atoms. The van der Waals surface area contributed by atoms with Crippen LogP contribution in [0.15, 0.2) is 60.2 Å². The molecule has 2 aromatic carbocycles. The van der Waals surface area contributed by atoms with Crippen LogP contribution in [0.1, 0.15) is 37.7 Å². The number of hydrogen-bond donors (Lipinski definition) is 1. The van der Waals surface area contributed by atoms with Crippen LogP contribution in [0.3, 0.4) is 0 Å². The average Bonchev–Trinajstić information content (AvgIpc) is 3.37. The molecule has 0 radical (unpaired) electrons. The molecular formula is C26H26ClN3O4. The normalized spacial score (nSPS) is 23.9. The predicted octanol–water partition coefficient (Wildman–Crippen LogP) is 5.60. The third-order valence-electron chi connectivity index (χ3n) is 7.13. The molecule has 2 aromatic rings. The average molecular weight is 480 g/mol. The van der Waals surface area contributed by atoms with Gasteiger partial charge in [0.1, 0.15) is 11.9 Å². The van der Waals surface area contributed by atoms with Crippen LogP contribution >= 0.6 is 11.6 Å². The summed E-state index contributed by atoms with van der Waals surface area (Å²) in [5, 5.41) is 14.6. The number of ether oxygens (including phenoxy) is 1. The highest BCUT2D eigenvalue weighted by Crippen LogP contribution is 2.37. The van der Waals surface area contributed by atoms with Gasteiger partial charge in [-0.2, -0.15) is 0 Å². The Bertz CT molecular complexity index is 1180. The minimum atomic E-state index is -0.458. The second-order valence-corrected chi connectivity index (χ2v) is 9.66. The lowest BCUT2D eigenvalue weighted by Crippen LogP contribution is -2.43. The third kappa shape index (κ3) is 4.58. The number of amides is 1. The van der Waals surface area contributed by atoms with E-state index in [9.17, 15) is 14.9 Å². The lowest BCUT2D eigenvalue weighted by molar-refractivity contribution is -0.385. The van der Waals surface area contributed by atoms with Crippen molar-refractivity contribution in [1.82, 2.24) is 4.90 Å². The van der Waals surface area contributed by atoms with Crippen molar-refractivity contribution in [2.45, 2.75) is 50.3 Å². The largest absolute Gasteiger partial charge is 0.490 e. The number of nitro benzene ring substituents is 1. The summed E-state index contributed by atoms with van der Waals surface area (Å²) in [6.07, 6.45) is 8.62. The van der Waals surface area contributed by atoms with E-state index in [2.05, 4.69) is 17.3 Å². The number of nitrogens with one attached hydrogen (secondary N) is 1. The number of nitrogens with zero attached hydrogens (tertiary/aromatic N) is 2. The molecule has 5 rings (SSSR count). The lowest BCUT2D eigenvalue weighted by atomic mass is 10.0. The first-order valence-electron chi connectivity index (χ1n) is 11.5. The number of nitro groups is 1. The van der Waals surface area contributed by atoms with Gasteiger partial charge in [0.25, 0.3) is 11.6 Å². The third-order valence-corrected chi connectivity index (χ3v) is 7.37. The number of hydrogen-bond acceptors (Lipinski definition) is 5. The van der Waals surface area contributed by atoms with Crippen molar-refractivity contribution in [2.24, 2.45) is 0 Å². The zero-order chi connectivity index (χ0) is 23.8. The summed E-state index contributed by atoms with van der Waals surface area (Å²) in [6.45, 7) is 0. The molecule has 2 fully saturated rings. The Labute approximate surface area is 203 Å². The van der Waals surface area contributed by atoms with Gasteiger partial charge >= 0.3 is 0 Å². The fourth-order valence-corrected chi connectivity index (χ4v) is 5.44. The van der Waals surface area contributed by atoms with Gasteiger partial charge in [-0.05, 0) is 74.7 Å². The van der Waals surface area contributed by atoms with Crippen molar-refractivity contribution in [3.8, 4) is 5.75 Å². The van der Waals surface area contributed by atoms with Crippen molar-refractivity contribution < 1.29 is 14.5 Å². The van der Waals surface area contributed by atoms with Crippen LogP contribution in [0.25, 0.3) is 5.57 Å². The van der Waals surface area contributed by atoms with E-state index in [1.165, 1.54) is 18.9 Å². The Morgan fingerprint density at radius 2 is 1.82 bits per heavy atom. The smallest absolute Gasteiger partial charge is 0.278 e. The SMILES string of the molecule is CN1[C@@H]2CC[C@H]1C[C@@H](Oc1ccc(NC(=O)C3=CC=C(c4ccc(Cl)cc4[N+](=O)[O-])C3)cc1)C2. The number of piperidine rings is 1. The van der Waals surface area contributed by atoms with Gasteiger partial charge in [-0.25, -0.2) is 0 Å². The summed E-state index contributed by atoms with van der Waals surface area (Å²) in [5.74, 6) is 0.578. The number of carbonyl (C=O) groups excluding carboxylic acids is 1. The highest BCUT2D eigenvalue weighted by Gasteiger charge is 2.39. The van der Waals surface area contributed by atoms with Crippen molar-refractivity contribution in [2.75, 3.05) is 12.4 Å². The van der Waals surface area contributed by atoms with Gasteiger partial charge < -0.3 is 15.0 Å². The monoisotopic (exact) mass is 479 g/mol. The molecular weight excluding hydrogens is 454 g/mol. The molecule has 1 N–H and O–H groups in total. The number of fused-ring (bicyclic) bond motifs is 2. The Balaban J connectivity index is 1.17. The number of anilines is 1. The van der Waals surface area contributed by atoms with Gasteiger partial charge in [0, 0.05) is 40.9 Å². The van der Waals surface area contributed by atoms with E-state index in [0.29, 0.717) is 45.9 Å². The first kappa shape index (κ1) is 22.6. The zero-order valence-electron chi connectivity index (χ0n) is 18.9. The summed E-state index contributed by atoms with van der Waals surface area (Å²) in [7, 11) is 2.21. The standard InChI is InChI=1S/C26H26ClN3O4/c1-29-20-7-8-21(29)15-23(14-20)34-22-9-5-19(6-10-22)28-26(31)17-3-2-16(12-17)24-11-4-18(27)13-25(24)30(32)33/h2-6,9-11,13,20-21,23H,7-8,12,14-15H2,1H3,(H,28,31)/t20-,21+,23+. The van der Waals surface area contributed by atoms with Gasteiger partial charge in [0.2, 0.25) is 0 Å². The highest BCUT2D eigenvalue weighted by atomic mass is 35.5. The fourth-order valence-electron chi connectivity index (χ4n) is 5.27. The van der Waals surface area contributed by atoms with E-state index < -0.39 is 4.92 Å². The van der Waals surface area contributed by atoms with Crippen LogP contribution in [-0.2, 0) is 4.79 Å². The molecule has 0 unspecified atom stereocenters.